The summed E-state index contributed by atoms with van der Waals surface area (Å²) in [7, 11) is 0. The van der Waals surface area contributed by atoms with Crippen molar-refractivity contribution in [2.45, 2.75) is 111 Å². The number of hydrogen-bond acceptors (Lipinski definition) is 13. The van der Waals surface area contributed by atoms with Crippen LogP contribution in [0.5, 0.6) is 0 Å². The fourth-order valence-electron chi connectivity index (χ4n) is 4.66. The molecule has 0 aromatic heterocycles. The Kier molecular flexibility index (Phi) is 11.5. The molecule has 0 saturated carbocycles. The second kappa shape index (κ2) is 13.9. The van der Waals surface area contributed by atoms with Gasteiger partial charge in [0.2, 0.25) is 6.29 Å². The second-order valence-electron chi connectivity index (χ2n) is 9.45. The quantitative estimate of drug-likeness (QED) is 0.302. The molecule has 0 spiro atoms. The molecule has 0 N–H and O–H groups in total. The first-order chi connectivity index (χ1) is 17.7. The molecule has 0 aromatic rings. The molecule has 5 unspecified atom stereocenters. The Bertz CT molecular complexity index is 873. The SMILES string of the molecule is CCC1O[C@H](O[C@H]2OC(COC(C)=O)[C@@H](OC(C)=O)C(OC(C)=O)C2C)C(OC(C)=O)[C@@H](OC(C)=O)[C@@H]1C. The van der Waals surface area contributed by atoms with E-state index in [9.17, 15) is 24.0 Å². The number of carbonyl (C=O) groups is 5. The van der Waals surface area contributed by atoms with Gasteiger partial charge in [0.1, 0.15) is 24.9 Å². The highest BCUT2D eigenvalue weighted by Crippen LogP contribution is 2.37. The van der Waals surface area contributed by atoms with Crippen LogP contribution in [0.4, 0.5) is 0 Å². The smallest absolute Gasteiger partial charge is 0.303 e. The number of rotatable bonds is 9. The first kappa shape index (κ1) is 31.4. The number of esters is 5. The van der Waals surface area contributed by atoms with Gasteiger partial charge in [-0.1, -0.05) is 20.8 Å². The Hall–Kier alpha value is -2.77. The van der Waals surface area contributed by atoms with E-state index in [0.717, 1.165) is 0 Å². The second-order valence-corrected chi connectivity index (χ2v) is 9.45. The molecular weight excluding hydrogens is 508 g/mol. The van der Waals surface area contributed by atoms with Crippen LogP contribution < -0.4 is 0 Å². The lowest BCUT2D eigenvalue weighted by Crippen LogP contribution is -2.62. The van der Waals surface area contributed by atoms with Gasteiger partial charge in [0.05, 0.1) is 6.10 Å². The summed E-state index contributed by atoms with van der Waals surface area (Å²) in [6, 6.07) is 0. The van der Waals surface area contributed by atoms with Crippen LogP contribution in [-0.4, -0.2) is 85.7 Å². The van der Waals surface area contributed by atoms with E-state index < -0.39 is 85.0 Å². The minimum Gasteiger partial charge on any atom is -0.463 e. The molecule has 2 aliphatic heterocycles. The van der Waals surface area contributed by atoms with Gasteiger partial charge in [0.25, 0.3) is 0 Å². The highest BCUT2D eigenvalue weighted by molar-refractivity contribution is 5.68. The molecule has 2 saturated heterocycles. The van der Waals surface area contributed by atoms with E-state index in [0.29, 0.717) is 6.42 Å². The first-order valence-electron chi connectivity index (χ1n) is 12.5. The van der Waals surface area contributed by atoms with Crippen LogP contribution in [0.2, 0.25) is 0 Å². The van der Waals surface area contributed by atoms with Gasteiger partial charge in [0.15, 0.2) is 18.5 Å². The van der Waals surface area contributed by atoms with Crippen LogP contribution in [0.1, 0.15) is 61.8 Å². The topological polar surface area (TPSA) is 159 Å². The van der Waals surface area contributed by atoms with E-state index in [-0.39, 0.29) is 12.5 Å². The van der Waals surface area contributed by atoms with Crippen molar-refractivity contribution < 1.29 is 61.9 Å². The number of ether oxygens (including phenoxy) is 8. The molecule has 0 bridgehead atoms. The maximum absolute atomic E-state index is 12.0. The van der Waals surface area contributed by atoms with Gasteiger partial charge in [-0.3, -0.25) is 24.0 Å². The number of hydrogen-bond donors (Lipinski definition) is 0. The van der Waals surface area contributed by atoms with Crippen molar-refractivity contribution in [2.24, 2.45) is 11.8 Å². The Morgan fingerprint density at radius 3 is 1.50 bits per heavy atom. The molecule has 0 aliphatic carbocycles. The van der Waals surface area contributed by atoms with Crippen molar-refractivity contribution >= 4 is 29.8 Å². The summed E-state index contributed by atoms with van der Waals surface area (Å²) in [5.41, 5.74) is 0. The van der Waals surface area contributed by atoms with Crippen LogP contribution in [0, 0.1) is 11.8 Å². The van der Waals surface area contributed by atoms with Gasteiger partial charge in [-0.15, -0.1) is 0 Å². The lowest BCUT2D eigenvalue weighted by molar-refractivity contribution is -0.364. The first-order valence-corrected chi connectivity index (χ1v) is 12.5. The third-order valence-corrected chi connectivity index (χ3v) is 6.28. The fourth-order valence-corrected chi connectivity index (χ4v) is 4.66. The molecule has 0 radical (unpaired) electrons. The van der Waals surface area contributed by atoms with Crippen molar-refractivity contribution in [2.75, 3.05) is 6.61 Å². The zero-order valence-electron chi connectivity index (χ0n) is 23.0. The van der Waals surface area contributed by atoms with E-state index in [1.807, 2.05) is 13.8 Å². The predicted octanol–water partition coefficient (Wildman–Crippen LogP) is 1.42. The summed E-state index contributed by atoms with van der Waals surface area (Å²) in [6.45, 7) is 11.0. The molecule has 0 amide bonds. The Balaban J connectivity index is 2.43. The summed E-state index contributed by atoms with van der Waals surface area (Å²) in [4.78, 5) is 59.1. The van der Waals surface area contributed by atoms with Crippen LogP contribution in [0.3, 0.4) is 0 Å². The molecule has 10 atom stereocenters. The van der Waals surface area contributed by atoms with Crippen molar-refractivity contribution in [1.29, 1.82) is 0 Å². The van der Waals surface area contributed by atoms with Gasteiger partial charge < -0.3 is 37.9 Å². The van der Waals surface area contributed by atoms with Gasteiger partial charge in [-0.25, -0.2) is 0 Å². The van der Waals surface area contributed by atoms with Gasteiger partial charge in [0, 0.05) is 46.5 Å². The summed E-state index contributed by atoms with van der Waals surface area (Å²) < 4.78 is 45.3. The fraction of sp³-hybridized carbons (Fsp3) is 0.800. The Morgan fingerprint density at radius 2 is 1.03 bits per heavy atom. The van der Waals surface area contributed by atoms with E-state index in [1.165, 1.54) is 34.6 Å². The molecule has 38 heavy (non-hydrogen) atoms. The average molecular weight is 547 g/mol. The van der Waals surface area contributed by atoms with Crippen molar-refractivity contribution in [3.8, 4) is 0 Å². The van der Waals surface area contributed by atoms with Gasteiger partial charge >= 0.3 is 29.8 Å². The molecule has 13 heteroatoms. The standard InChI is InChI=1S/C25H38O13/c1-9-18-11(2)20(32-14(5)27)23(35-17(8)30)25(36-18)38-24-12(3)21(33-15(6)28)22(34-16(7)29)19(37-24)10-31-13(4)26/h11-12,18-25H,9-10H2,1-8H3/t11-,12?,18?,19?,20+,21?,22-,23?,24-,25-/m1/s1. The maximum atomic E-state index is 12.0. The highest BCUT2D eigenvalue weighted by atomic mass is 16.8. The van der Waals surface area contributed by atoms with E-state index >= 15 is 0 Å². The molecule has 2 fully saturated rings. The lowest BCUT2D eigenvalue weighted by Gasteiger charge is -2.48. The molecule has 2 heterocycles. The Labute approximate surface area is 221 Å². The molecule has 216 valence electrons. The summed E-state index contributed by atoms with van der Waals surface area (Å²) in [6.07, 6.45) is -7.56. The molecular formula is C25H38O13. The molecule has 0 aromatic carbocycles. The lowest BCUT2D eigenvalue weighted by atomic mass is 9.88. The Morgan fingerprint density at radius 1 is 0.579 bits per heavy atom. The van der Waals surface area contributed by atoms with Crippen LogP contribution in [0.25, 0.3) is 0 Å². The zero-order chi connectivity index (χ0) is 28.7. The summed E-state index contributed by atoms with van der Waals surface area (Å²) >= 11 is 0. The predicted molar refractivity (Wildman–Crippen MR) is 126 cm³/mol. The molecule has 2 aliphatic rings. The van der Waals surface area contributed by atoms with Crippen molar-refractivity contribution in [3.05, 3.63) is 0 Å². The number of carbonyl (C=O) groups excluding carboxylic acids is 5. The van der Waals surface area contributed by atoms with E-state index in [2.05, 4.69) is 0 Å². The van der Waals surface area contributed by atoms with Gasteiger partial charge in [-0.2, -0.15) is 0 Å². The van der Waals surface area contributed by atoms with Crippen LogP contribution >= 0.6 is 0 Å². The minimum absolute atomic E-state index is 0.332. The van der Waals surface area contributed by atoms with Crippen molar-refractivity contribution in [3.63, 3.8) is 0 Å². The minimum atomic E-state index is -1.24. The zero-order valence-corrected chi connectivity index (χ0v) is 23.0. The third-order valence-electron chi connectivity index (χ3n) is 6.28. The van der Waals surface area contributed by atoms with E-state index in [1.54, 1.807) is 6.92 Å². The molecule has 13 nitrogen and oxygen atoms in total. The maximum Gasteiger partial charge on any atom is 0.303 e. The van der Waals surface area contributed by atoms with Gasteiger partial charge in [-0.05, 0) is 6.42 Å². The average Bonchev–Trinajstić information content (AvgIpc) is 2.79. The van der Waals surface area contributed by atoms with Crippen LogP contribution in [0.15, 0.2) is 0 Å². The third kappa shape index (κ3) is 8.37. The monoisotopic (exact) mass is 546 g/mol. The molecule has 2 rings (SSSR count). The largest absolute Gasteiger partial charge is 0.463 e. The van der Waals surface area contributed by atoms with Crippen LogP contribution in [-0.2, 0) is 61.9 Å². The van der Waals surface area contributed by atoms with E-state index in [4.69, 9.17) is 37.9 Å². The summed E-state index contributed by atoms with van der Waals surface area (Å²) in [5, 5.41) is 0. The summed E-state index contributed by atoms with van der Waals surface area (Å²) in [5.74, 6) is -4.20. The normalized spacial score (nSPS) is 34.9. The van der Waals surface area contributed by atoms with Crippen molar-refractivity contribution in [1.82, 2.24) is 0 Å². The highest BCUT2D eigenvalue weighted by Gasteiger charge is 2.53.